The number of nitrogens with one attached hydrogen (secondary N) is 2. The van der Waals surface area contributed by atoms with Gasteiger partial charge in [-0.2, -0.15) is 0 Å². The highest BCUT2D eigenvalue weighted by Crippen LogP contribution is 2.36. The maximum atomic E-state index is 12.8. The molecule has 2 N–H and O–H groups in total. The van der Waals surface area contributed by atoms with Crippen molar-refractivity contribution >= 4 is 34.5 Å². The lowest BCUT2D eigenvalue weighted by atomic mass is 10.2. The molecule has 8 heteroatoms. The Hall–Kier alpha value is -3.62. The third-order valence-electron chi connectivity index (χ3n) is 4.79. The van der Waals surface area contributed by atoms with Crippen LogP contribution < -0.4 is 20.1 Å². The predicted octanol–water partition coefficient (Wildman–Crippen LogP) is 4.64. The Balaban J connectivity index is 1.74. The van der Waals surface area contributed by atoms with Gasteiger partial charge in [0.2, 0.25) is 5.91 Å². The molecule has 0 aliphatic rings. The number of rotatable bonds is 11. The zero-order valence-corrected chi connectivity index (χ0v) is 19.5. The predicted molar refractivity (Wildman–Crippen MR) is 132 cm³/mol. The van der Waals surface area contributed by atoms with Crippen LogP contribution in [0.3, 0.4) is 0 Å². The minimum Gasteiger partial charge on any atom is -0.494 e. The fraction of sp³-hybridized carbons (Fsp3) is 0.200. The van der Waals surface area contributed by atoms with Crippen LogP contribution in [-0.2, 0) is 11.3 Å². The van der Waals surface area contributed by atoms with Crippen molar-refractivity contribution in [2.45, 2.75) is 6.54 Å². The van der Waals surface area contributed by atoms with Gasteiger partial charge >= 0.3 is 0 Å². The first-order valence-corrected chi connectivity index (χ1v) is 11.2. The molecule has 33 heavy (non-hydrogen) atoms. The maximum Gasteiger partial charge on any atom is 0.255 e. The van der Waals surface area contributed by atoms with E-state index in [-0.39, 0.29) is 18.4 Å². The Kier molecular flexibility index (Phi) is 8.63. The molecule has 0 unspecified atom stereocenters. The molecule has 0 fully saturated rings. The Bertz CT molecular complexity index is 1080. The van der Waals surface area contributed by atoms with Crippen LogP contribution in [0.15, 0.2) is 72.6 Å². The minimum atomic E-state index is -0.276. The van der Waals surface area contributed by atoms with Crippen molar-refractivity contribution in [1.29, 1.82) is 0 Å². The SMILES string of the molecule is C=CCN(CC(=O)Nc1cc(OC)c(NC(=O)c2ccccc2)cc1OC)Cc1cccs1. The van der Waals surface area contributed by atoms with Gasteiger partial charge in [0.15, 0.2) is 0 Å². The highest BCUT2D eigenvalue weighted by molar-refractivity contribution is 7.09. The molecule has 172 valence electrons. The largest absolute Gasteiger partial charge is 0.494 e. The standard InChI is InChI=1S/C25H27N3O4S/c1-4-12-28(16-19-11-8-13-33-19)17-24(29)26-20-14-23(32-3)21(15-22(20)31-2)27-25(30)18-9-6-5-7-10-18/h4-11,13-15H,1,12,16-17H2,2-3H3,(H,26,29)(H,27,30). The van der Waals surface area contributed by atoms with Crippen molar-refractivity contribution in [2.75, 3.05) is 37.9 Å². The van der Waals surface area contributed by atoms with E-state index < -0.39 is 0 Å². The third-order valence-corrected chi connectivity index (χ3v) is 5.66. The Labute approximate surface area is 197 Å². The number of anilines is 2. The van der Waals surface area contributed by atoms with Gasteiger partial charge in [0.05, 0.1) is 32.1 Å². The number of benzene rings is 2. The van der Waals surface area contributed by atoms with Crippen LogP contribution in [-0.4, -0.2) is 44.0 Å². The number of carbonyl (C=O) groups excluding carboxylic acids is 2. The highest BCUT2D eigenvalue weighted by atomic mass is 32.1. The smallest absolute Gasteiger partial charge is 0.255 e. The summed E-state index contributed by atoms with van der Waals surface area (Å²) in [5.41, 5.74) is 1.41. The van der Waals surface area contributed by atoms with Crippen LogP contribution in [0, 0.1) is 0 Å². The summed E-state index contributed by atoms with van der Waals surface area (Å²) in [6.07, 6.45) is 1.77. The summed E-state index contributed by atoms with van der Waals surface area (Å²) >= 11 is 1.65. The molecule has 0 aliphatic carbocycles. The van der Waals surface area contributed by atoms with Crippen molar-refractivity contribution in [3.05, 3.63) is 83.1 Å². The summed E-state index contributed by atoms with van der Waals surface area (Å²) < 4.78 is 10.9. The molecule has 3 aromatic rings. The van der Waals surface area contributed by atoms with E-state index in [2.05, 4.69) is 17.2 Å². The second-order valence-corrected chi connectivity index (χ2v) is 8.19. The molecule has 0 bridgehead atoms. The minimum absolute atomic E-state index is 0.182. The molecule has 0 spiro atoms. The summed E-state index contributed by atoms with van der Waals surface area (Å²) in [6.45, 7) is 5.20. The summed E-state index contributed by atoms with van der Waals surface area (Å²) in [4.78, 5) is 28.5. The lowest BCUT2D eigenvalue weighted by Gasteiger charge is -2.20. The first kappa shape index (κ1) is 24.0. The second kappa shape index (κ2) is 11.8. The molecule has 2 amide bonds. The molecular weight excluding hydrogens is 438 g/mol. The van der Waals surface area contributed by atoms with Crippen molar-refractivity contribution in [1.82, 2.24) is 4.90 Å². The number of hydrogen-bond donors (Lipinski definition) is 2. The van der Waals surface area contributed by atoms with E-state index in [4.69, 9.17) is 9.47 Å². The van der Waals surface area contributed by atoms with Gasteiger partial charge in [-0.25, -0.2) is 0 Å². The molecule has 1 heterocycles. The quantitative estimate of drug-likeness (QED) is 0.403. The van der Waals surface area contributed by atoms with Crippen LogP contribution >= 0.6 is 11.3 Å². The van der Waals surface area contributed by atoms with Crippen LogP contribution in [0.4, 0.5) is 11.4 Å². The maximum absolute atomic E-state index is 12.8. The molecule has 2 aromatic carbocycles. The van der Waals surface area contributed by atoms with Crippen molar-refractivity contribution in [3.63, 3.8) is 0 Å². The summed E-state index contributed by atoms with van der Waals surface area (Å²) in [7, 11) is 3.00. The number of carbonyl (C=O) groups is 2. The first-order chi connectivity index (χ1) is 16.0. The van der Waals surface area contributed by atoms with Gasteiger partial charge in [0, 0.05) is 35.7 Å². The number of ether oxygens (including phenoxy) is 2. The second-order valence-electron chi connectivity index (χ2n) is 7.16. The number of amides is 2. The number of thiophene rings is 1. The van der Waals surface area contributed by atoms with Crippen LogP contribution in [0.25, 0.3) is 0 Å². The Morgan fingerprint density at radius 1 is 1.00 bits per heavy atom. The normalized spacial score (nSPS) is 10.5. The number of hydrogen-bond acceptors (Lipinski definition) is 6. The highest BCUT2D eigenvalue weighted by Gasteiger charge is 2.17. The third kappa shape index (κ3) is 6.68. The van der Waals surface area contributed by atoms with E-state index >= 15 is 0 Å². The number of nitrogens with zero attached hydrogens (tertiary/aromatic N) is 1. The van der Waals surface area contributed by atoms with E-state index in [1.807, 2.05) is 28.5 Å². The van der Waals surface area contributed by atoms with Gasteiger partial charge in [0.1, 0.15) is 11.5 Å². The average Bonchev–Trinajstić information content (AvgIpc) is 3.33. The van der Waals surface area contributed by atoms with Crippen LogP contribution in [0.1, 0.15) is 15.2 Å². The van der Waals surface area contributed by atoms with E-state index in [0.717, 1.165) is 0 Å². The average molecular weight is 466 g/mol. The van der Waals surface area contributed by atoms with Crippen LogP contribution in [0.2, 0.25) is 0 Å². The Morgan fingerprint density at radius 2 is 1.67 bits per heavy atom. The van der Waals surface area contributed by atoms with Crippen LogP contribution in [0.5, 0.6) is 11.5 Å². The van der Waals surface area contributed by atoms with Gasteiger partial charge in [-0.15, -0.1) is 17.9 Å². The molecule has 0 aliphatic heterocycles. The van der Waals surface area contributed by atoms with E-state index in [1.165, 1.54) is 19.1 Å². The fourth-order valence-electron chi connectivity index (χ4n) is 3.26. The van der Waals surface area contributed by atoms with Gasteiger partial charge < -0.3 is 20.1 Å². The zero-order chi connectivity index (χ0) is 23.6. The zero-order valence-electron chi connectivity index (χ0n) is 18.7. The molecule has 7 nitrogen and oxygen atoms in total. The number of methoxy groups -OCH3 is 2. The van der Waals surface area contributed by atoms with E-state index in [1.54, 1.807) is 53.8 Å². The molecule has 1 aromatic heterocycles. The monoisotopic (exact) mass is 465 g/mol. The summed E-state index contributed by atoms with van der Waals surface area (Å²) in [5.74, 6) is 0.328. The van der Waals surface area contributed by atoms with Gasteiger partial charge in [0.25, 0.3) is 5.91 Å². The molecular formula is C25H27N3O4S. The van der Waals surface area contributed by atoms with Crippen molar-refractivity contribution in [2.24, 2.45) is 0 Å². The molecule has 0 saturated heterocycles. The Morgan fingerprint density at radius 3 is 2.24 bits per heavy atom. The summed E-state index contributed by atoms with van der Waals surface area (Å²) in [5, 5.41) is 7.73. The van der Waals surface area contributed by atoms with E-state index in [9.17, 15) is 9.59 Å². The summed E-state index contributed by atoms with van der Waals surface area (Å²) in [6, 6.07) is 16.2. The van der Waals surface area contributed by atoms with E-state index in [0.29, 0.717) is 41.5 Å². The van der Waals surface area contributed by atoms with Gasteiger partial charge in [-0.3, -0.25) is 14.5 Å². The molecule has 0 radical (unpaired) electrons. The van der Waals surface area contributed by atoms with Crippen molar-refractivity contribution < 1.29 is 19.1 Å². The first-order valence-electron chi connectivity index (χ1n) is 10.3. The lowest BCUT2D eigenvalue weighted by Crippen LogP contribution is -2.33. The molecule has 0 atom stereocenters. The molecule has 0 saturated carbocycles. The van der Waals surface area contributed by atoms with Crippen molar-refractivity contribution in [3.8, 4) is 11.5 Å². The van der Waals surface area contributed by atoms with Gasteiger partial charge in [-0.05, 0) is 23.6 Å². The lowest BCUT2D eigenvalue weighted by molar-refractivity contribution is -0.117. The topological polar surface area (TPSA) is 79.9 Å². The van der Waals surface area contributed by atoms with Gasteiger partial charge in [-0.1, -0.05) is 30.3 Å². The molecule has 3 rings (SSSR count). The fourth-order valence-corrected chi connectivity index (χ4v) is 4.01.